The van der Waals surface area contributed by atoms with Gasteiger partial charge in [0.25, 0.3) is 5.56 Å². The number of methoxy groups -OCH3 is 1. The van der Waals surface area contributed by atoms with Crippen LogP contribution in [-0.2, 0) is 6.42 Å². The van der Waals surface area contributed by atoms with Gasteiger partial charge in [0.05, 0.1) is 12.6 Å². The van der Waals surface area contributed by atoms with Crippen LogP contribution in [0.5, 0.6) is 5.75 Å². The number of rotatable bonds is 5. The van der Waals surface area contributed by atoms with Gasteiger partial charge in [0, 0.05) is 17.8 Å². The zero-order valence-corrected chi connectivity index (χ0v) is 14.8. The van der Waals surface area contributed by atoms with Crippen molar-refractivity contribution in [2.75, 3.05) is 19.0 Å². The Morgan fingerprint density at radius 3 is 2.77 bits per heavy atom. The fraction of sp³-hybridized carbons (Fsp3) is 0.200. The molecule has 0 bridgehead atoms. The number of hydrogen-bond acceptors (Lipinski definition) is 3. The molecule has 2 amide bonds. The number of H-pyrrole nitrogens is 1. The molecular weight excluding hydrogens is 330 g/mol. The van der Waals surface area contributed by atoms with Crippen LogP contribution in [0, 0.1) is 6.92 Å². The molecule has 2 aromatic carbocycles. The summed E-state index contributed by atoms with van der Waals surface area (Å²) in [5, 5.41) is 6.52. The molecule has 0 aliphatic rings. The normalized spacial score (nSPS) is 10.5. The Kier molecular flexibility index (Phi) is 5.22. The number of carbonyl (C=O) groups excluding carboxylic acids is 1. The molecule has 0 saturated heterocycles. The van der Waals surface area contributed by atoms with E-state index in [-0.39, 0.29) is 11.6 Å². The molecule has 134 valence electrons. The average molecular weight is 351 g/mol. The number of benzene rings is 2. The fourth-order valence-corrected chi connectivity index (χ4v) is 2.78. The number of nitrogens with one attached hydrogen (secondary N) is 3. The molecule has 26 heavy (non-hydrogen) atoms. The number of aromatic nitrogens is 1. The third-order valence-corrected chi connectivity index (χ3v) is 4.16. The van der Waals surface area contributed by atoms with Crippen molar-refractivity contribution in [3.63, 3.8) is 0 Å². The maximum atomic E-state index is 12.1. The molecule has 1 aromatic heterocycles. The van der Waals surface area contributed by atoms with Gasteiger partial charge in [0.1, 0.15) is 5.75 Å². The van der Waals surface area contributed by atoms with Gasteiger partial charge in [-0.15, -0.1) is 0 Å². The lowest BCUT2D eigenvalue weighted by molar-refractivity contribution is 0.252. The van der Waals surface area contributed by atoms with Gasteiger partial charge >= 0.3 is 6.03 Å². The molecule has 0 saturated carbocycles. The first-order valence-corrected chi connectivity index (χ1v) is 8.37. The molecule has 3 aromatic rings. The minimum atomic E-state index is -0.297. The molecule has 6 heteroatoms. The summed E-state index contributed by atoms with van der Waals surface area (Å²) in [7, 11) is 1.63. The van der Waals surface area contributed by atoms with E-state index in [1.165, 1.54) is 0 Å². The molecule has 0 aliphatic carbocycles. The molecular formula is C20H21N3O3. The number of ether oxygens (including phenoxy) is 1. The van der Waals surface area contributed by atoms with Crippen molar-refractivity contribution < 1.29 is 9.53 Å². The van der Waals surface area contributed by atoms with E-state index in [9.17, 15) is 9.59 Å². The van der Waals surface area contributed by atoms with E-state index in [0.717, 1.165) is 16.7 Å². The number of hydrogen-bond donors (Lipinski definition) is 3. The summed E-state index contributed by atoms with van der Waals surface area (Å²) in [5.74, 6) is 0.809. The highest BCUT2D eigenvalue weighted by Gasteiger charge is 2.06. The van der Waals surface area contributed by atoms with Crippen molar-refractivity contribution in [2.24, 2.45) is 0 Å². The predicted octanol–water partition coefficient (Wildman–Crippen LogP) is 3.21. The van der Waals surface area contributed by atoms with E-state index in [1.54, 1.807) is 26.2 Å². The molecule has 6 nitrogen and oxygen atoms in total. The molecule has 0 spiro atoms. The van der Waals surface area contributed by atoms with E-state index >= 15 is 0 Å². The third-order valence-electron chi connectivity index (χ3n) is 4.16. The van der Waals surface area contributed by atoms with Crippen molar-refractivity contribution in [1.29, 1.82) is 0 Å². The van der Waals surface area contributed by atoms with Crippen LogP contribution in [0.1, 0.15) is 11.1 Å². The zero-order valence-electron chi connectivity index (χ0n) is 14.8. The van der Waals surface area contributed by atoms with Crippen LogP contribution >= 0.6 is 0 Å². The van der Waals surface area contributed by atoms with Gasteiger partial charge in [-0.05, 0) is 48.6 Å². The molecule has 0 fully saturated rings. The van der Waals surface area contributed by atoms with Crippen LogP contribution in [0.2, 0.25) is 0 Å². The third kappa shape index (κ3) is 4.03. The van der Waals surface area contributed by atoms with Crippen molar-refractivity contribution >= 4 is 22.6 Å². The van der Waals surface area contributed by atoms with Gasteiger partial charge in [-0.25, -0.2) is 4.79 Å². The van der Waals surface area contributed by atoms with Gasteiger partial charge in [-0.2, -0.15) is 0 Å². The zero-order chi connectivity index (χ0) is 18.5. The number of carbonyl (C=O) groups is 1. The number of para-hydroxylation sites is 1. The molecule has 3 rings (SSSR count). The van der Waals surface area contributed by atoms with E-state index in [1.807, 2.05) is 36.4 Å². The van der Waals surface area contributed by atoms with E-state index in [4.69, 9.17) is 4.74 Å². The Morgan fingerprint density at radius 1 is 1.15 bits per heavy atom. The largest absolute Gasteiger partial charge is 0.496 e. The number of aryl methyl sites for hydroxylation is 1. The van der Waals surface area contributed by atoms with Crippen LogP contribution in [0.3, 0.4) is 0 Å². The second-order valence-corrected chi connectivity index (χ2v) is 6.03. The molecule has 0 radical (unpaired) electrons. The molecule has 0 aliphatic heterocycles. The minimum Gasteiger partial charge on any atom is -0.496 e. The molecule has 1 heterocycles. The van der Waals surface area contributed by atoms with Crippen molar-refractivity contribution in [2.45, 2.75) is 13.3 Å². The predicted molar refractivity (Wildman–Crippen MR) is 103 cm³/mol. The lowest BCUT2D eigenvalue weighted by Crippen LogP contribution is -2.30. The number of fused-ring (bicyclic) bond motifs is 1. The first-order valence-electron chi connectivity index (χ1n) is 8.37. The summed E-state index contributed by atoms with van der Waals surface area (Å²) >= 11 is 0. The maximum Gasteiger partial charge on any atom is 0.319 e. The lowest BCUT2D eigenvalue weighted by atomic mass is 10.1. The summed E-state index contributed by atoms with van der Waals surface area (Å²) in [4.78, 5) is 26.6. The monoisotopic (exact) mass is 351 g/mol. The number of pyridine rings is 1. The van der Waals surface area contributed by atoms with Crippen LogP contribution in [-0.4, -0.2) is 24.7 Å². The van der Waals surface area contributed by atoms with Gasteiger partial charge in [0.15, 0.2) is 0 Å². The first kappa shape index (κ1) is 17.5. The Bertz CT molecular complexity index is 995. The highest BCUT2D eigenvalue weighted by Crippen LogP contribution is 2.18. The van der Waals surface area contributed by atoms with Crippen LogP contribution in [0.4, 0.5) is 10.5 Å². The lowest BCUT2D eigenvalue weighted by Gasteiger charge is -2.10. The molecule has 3 N–H and O–H groups in total. The Hall–Kier alpha value is -3.28. The Balaban J connectivity index is 1.60. The smallest absolute Gasteiger partial charge is 0.319 e. The highest BCUT2D eigenvalue weighted by molar-refractivity contribution is 5.92. The van der Waals surface area contributed by atoms with Crippen molar-refractivity contribution in [1.82, 2.24) is 10.3 Å². The summed E-state index contributed by atoms with van der Waals surface area (Å²) in [6, 6.07) is 14.7. The molecule has 0 atom stereocenters. The highest BCUT2D eigenvalue weighted by atomic mass is 16.5. The second kappa shape index (κ2) is 7.74. The summed E-state index contributed by atoms with van der Waals surface area (Å²) in [5.41, 5.74) is 2.87. The Morgan fingerprint density at radius 2 is 1.96 bits per heavy atom. The van der Waals surface area contributed by atoms with Crippen LogP contribution < -0.4 is 20.9 Å². The topological polar surface area (TPSA) is 83.2 Å². The fourth-order valence-electron chi connectivity index (χ4n) is 2.78. The van der Waals surface area contributed by atoms with Crippen molar-refractivity contribution in [3.05, 3.63) is 70.0 Å². The SMILES string of the molecule is COc1ccccc1CCNC(=O)Nc1ccc2cc(C)c(=O)[nH]c2c1. The maximum absolute atomic E-state index is 12.1. The van der Waals surface area contributed by atoms with Crippen LogP contribution in [0.15, 0.2) is 53.3 Å². The van der Waals surface area contributed by atoms with E-state index in [2.05, 4.69) is 15.6 Å². The second-order valence-electron chi connectivity index (χ2n) is 6.03. The summed E-state index contributed by atoms with van der Waals surface area (Å²) in [6.45, 7) is 2.25. The average Bonchev–Trinajstić information content (AvgIpc) is 2.63. The van der Waals surface area contributed by atoms with Gasteiger partial charge < -0.3 is 20.4 Å². The summed E-state index contributed by atoms with van der Waals surface area (Å²) in [6.07, 6.45) is 0.668. The van der Waals surface area contributed by atoms with Gasteiger partial charge in [-0.3, -0.25) is 4.79 Å². The summed E-state index contributed by atoms with van der Waals surface area (Å²) < 4.78 is 5.30. The number of aromatic amines is 1. The van der Waals surface area contributed by atoms with Crippen molar-refractivity contribution in [3.8, 4) is 5.75 Å². The number of urea groups is 1. The minimum absolute atomic E-state index is 0.129. The Labute approximate surface area is 151 Å². The standard InChI is InChI=1S/C20H21N3O3/c1-13-11-15-7-8-16(12-17(15)23-19(13)24)22-20(25)21-10-9-14-5-3-4-6-18(14)26-2/h3-8,11-12H,9-10H2,1-2H3,(H,23,24)(H2,21,22,25). The number of amides is 2. The number of anilines is 1. The van der Waals surface area contributed by atoms with E-state index in [0.29, 0.717) is 29.7 Å². The van der Waals surface area contributed by atoms with Gasteiger partial charge in [-0.1, -0.05) is 24.3 Å². The first-order chi connectivity index (χ1) is 12.6. The van der Waals surface area contributed by atoms with Gasteiger partial charge in [0.2, 0.25) is 0 Å². The quantitative estimate of drug-likeness (QED) is 0.660. The molecule has 0 unspecified atom stereocenters. The van der Waals surface area contributed by atoms with E-state index < -0.39 is 0 Å². The van der Waals surface area contributed by atoms with Crippen LogP contribution in [0.25, 0.3) is 10.9 Å².